The highest BCUT2D eigenvalue weighted by molar-refractivity contribution is 4.63. The minimum absolute atomic E-state index is 0.0203. The van der Waals surface area contributed by atoms with Gasteiger partial charge >= 0.3 is 0 Å². The lowest BCUT2D eigenvalue weighted by molar-refractivity contribution is -1.07. The smallest absolute Gasteiger partial charge is 0.117 e. The van der Waals surface area contributed by atoms with Crippen LogP contribution < -0.4 is 5.23 Å². The van der Waals surface area contributed by atoms with Crippen LogP contribution in [0.15, 0.2) is 0 Å². The van der Waals surface area contributed by atoms with Gasteiger partial charge in [0.2, 0.25) is 0 Å². The van der Waals surface area contributed by atoms with Crippen molar-refractivity contribution < 1.29 is 10.1 Å². The molecule has 1 saturated carbocycles. The summed E-state index contributed by atoms with van der Waals surface area (Å²) in [6, 6.07) is 0.0203. The molecule has 1 unspecified atom stereocenters. The molecule has 12 heavy (non-hydrogen) atoms. The first-order valence-corrected chi connectivity index (χ1v) is 4.90. The molecule has 1 N–H and O–H groups in total. The molecule has 1 fully saturated rings. The molecule has 0 spiro atoms. The summed E-state index contributed by atoms with van der Waals surface area (Å²) in [6.07, 6.45) is 6.09. The first kappa shape index (κ1) is 9.96. The zero-order valence-corrected chi connectivity index (χ0v) is 8.01. The van der Waals surface area contributed by atoms with Crippen molar-refractivity contribution in [1.29, 1.82) is 0 Å². The highest BCUT2D eigenvalue weighted by Crippen LogP contribution is 2.18. The molecule has 0 aliphatic heterocycles. The van der Waals surface area contributed by atoms with E-state index in [0.717, 1.165) is 12.8 Å². The van der Waals surface area contributed by atoms with E-state index in [1.54, 1.807) is 0 Å². The zero-order chi connectivity index (χ0) is 8.97. The summed E-state index contributed by atoms with van der Waals surface area (Å²) in [6.45, 7) is 3.76. The van der Waals surface area contributed by atoms with Gasteiger partial charge in [0.15, 0.2) is 0 Å². The number of quaternary nitrogens is 1. The van der Waals surface area contributed by atoms with Gasteiger partial charge in [0.1, 0.15) is 12.1 Å². The lowest BCUT2D eigenvalue weighted by Gasteiger charge is -2.30. The molecule has 0 bridgehead atoms. The zero-order valence-electron chi connectivity index (χ0n) is 8.01. The lowest BCUT2D eigenvalue weighted by Crippen LogP contribution is -3.10. The summed E-state index contributed by atoms with van der Waals surface area (Å²) in [5, 5.41) is 11.1. The van der Waals surface area contributed by atoms with Gasteiger partial charge in [-0.1, -0.05) is 19.3 Å². The Labute approximate surface area is 74.2 Å². The molecule has 1 rings (SSSR count). The van der Waals surface area contributed by atoms with E-state index in [2.05, 4.69) is 0 Å². The predicted octanol–water partition coefficient (Wildman–Crippen LogP) is 1.04. The fourth-order valence-electron chi connectivity index (χ4n) is 1.48. The van der Waals surface area contributed by atoms with E-state index in [4.69, 9.17) is 4.84 Å². The van der Waals surface area contributed by atoms with Gasteiger partial charge in [-0.25, -0.2) is 10.1 Å². The maximum absolute atomic E-state index is 11.2. The predicted molar refractivity (Wildman–Crippen MR) is 47.4 cm³/mol. The summed E-state index contributed by atoms with van der Waals surface area (Å²) in [7, 11) is 0. The molecule has 72 valence electrons. The van der Waals surface area contributed by atoms with E-state index in [0.29, 0.717) is 0 Å². The van der Waals surface area contributed by atoms with Gasteiger partial charge in [-0.05, 0) is 26.7 Å². The SMILES string of the molecule is CC(C)[NH+]([O-])OC1CCCCC1. The van der Waals surface area contributed by atoms with Crippen LogP contribution in [-0.4, -0.2) is 12.1 Å². The Morgan fingerprint density at radius 3 is 2.33 bits per heavy atom. The van der Waals surface area contributed by atoms with Crippen LogP contribution in [0.4, 0.5) is 0 Å². The quantitative estimate of drug-likeness (QED) is 0.647. The molecule has 3 nitrogen and oxygen atoms in total. The van der Waals surface area contributed by atoms with Gasteiger partial charge in [0.05, 0.1) is 0 Å². The van der Waals surface area contributed by atoms with Gasteiger partial charge < -0.3 is 5.21 Å². The number of nitrogens with one attached hydrogen (secondary N) is 1. The number of rotatable bonds is 3. The summed E-state index contributed by atoms with van der Waals surface area (Å²) in [5.74, 6) is 0. The van der Waals surface area contributed by atoms with E-state index in [9.17, 15) is 5.21 Å². The maximum Gasteiger partial charge on any atom is 0.117 e. The molecule has 1 atom stereocenters. The fraction of sp³-hybridized carbons (Fsp3) is 1.00. The minimum Gasteiger partial charge on any atom is -0.600 e. The van der Waals surface area contributed by atoms with Crippen molar-refractivity contribution >= 4 is 0 Å². The second-order valence-corrected chi connectivity index (χ2v) is 3.85. The van der Waals surface area contributed by atoms with E-state index < -0.39 is 0 Å². The van der Waals surface area contributed by atoms with Crippen molar-refractivity contribution in [3.05, 3.63) is 5.21 Å². The number of hydrogen-bond acceptors (Lipinski definition) is 2. The van der Waals surface area contributed by atoms with E-state index in [-0.39, 0.29) is 17.4 Å². The summed E-state index contributed by atoms with van der Waals surface area (Å²) in [4.78, 5) is 5.31. The third kappa shape index (κ3) is 3.09. The maximum atomic E-state index is 11.2. The largest absolute Gasteiger partial charge is 0.600 e. The van der Waals surface area contributed by atoms with E-state index >= 15 is 0 Å². The topological polar surface area (TPSA) is 36.7 Å². The van der Waals surface area contributed by atoms with Gasteiger partial charge in [0.25, 0.3) is 0 Å². The highest BCUT2D eigenvalue weighted by Gasteiger charge is 2.18. The molecule has 3 heteroatoms. The van der Waals surface area contributed by atoms with Gasteiger partial charge in [-0.2, -0.15) is 0 Å². The molecule has 0 aromatic rings. The molecule has 0 aromatic heterocycles. The van der Waals surface area contributed by atoms with Crippen molar-refractivity contribution in [3.8, 4) is 0 Å². The second kappa shape index (κ2) is 4.80. The van der Waals surface area contributed by atoms with E-state index in [1.165, 1.54) is 19.3 Å². The first-order chi connectivity index (χ1) is 5.70. The molecule has 1 aliphatic carbocycles. The van der Waals surface area contributed by atoms with Crippen LogP contribution in [0, 0.1) is 5.21 Å². The first-order valence-electron chi connectivity index (χ1n) is 4.90. The van der Waals surface area contributed by atoms with Crippen molar-refractivity contribution in [1.82, 2.24) is 0 Å². The average Bonchev–Trinajstić information content (AvgIpc) is 2.06. The third-order valence-electron chi connectivity index (χ3n) is 2.31. The summed E-state index contributed by atoms with van der Waals surface area (Å²) < 4.78 is 0. The molecule has 0 heterocycles. The minimum atomic E-state index is -0.0399. The highest BCUT2D eigenvalue weighted by atomic mass is 16.9. The van der Waals surface area contributed by atoms with Crippen LogP contribution >= 0.6 is 0 Å². The Balaban J connectivity index is 2.20. The molecule has 0 aromatic carbocycles. The van der Waals surface area contributed by atoms with Crippen molar-refractivity contribution in [2.75, 3.05) is 0 Å². The van der Waals surface area contributed by atoms with Gasteiger partial charge in [-0.3, -0.25) is 0 Å². The molecule has 0 radical (unpaired) electrons. The number of hydroxylamine groups is 2. The van der Waals surface area contributed by atoms with Gasteiger partial charge in [-0.15, -0.1) is 0 Å². The van der Waals surface area contributed by atoms with E-state index in [1.807, 2.05) is 13.8 Å². The normalized spacial score (nSPS) is 23.0. The Morgan fingerprint density at radius 1 is 1.25 bits per heavy atom. The Morgan fingerprint density at radius 2 is 1.83 bits per heavy atom. The van der Waals surface area contributed by atoms with Crippen LogP contribution in [0.25, 0.3) is 0 Å². The van der Waals surface area contributed by atoms with Crippen molar-refractivity contribution in [3.63, 3.8) is 0 Å². The van der Waals surface area contributed by atoms with Crippen molar-refractivity contribution in [2.45, 2.75) is 58.1 Å². The molecule has 1 aliphatic rings. The van der Waals surface area contributed by atoms with Gasteiger partial charge in [0, 0.05) is 0 Å². The molecular weight excluding hydrogens is 154 g/mol. The van der Waals surface area contributed by atoms with Crippen molar-refractivity contribution in [2.24, 2.45) is 0 Å². The van der Waals surface area contributed by atoms with Crippen LogP contribution in [0.3, 0.4) is 0 Å². The Kier molecular flexibility index (Phi) is 3.98. The lowest BCUT2D eigenvalue weighted by atomic mass is 9.98. The summed E-state index contributed by atoms with van der Waals surface area (Å²) >= 11 is 0. The average molecular weight is 173 g/mol. The number of hydrogen-bond donors (Lipinski definition) is 1. The monoisotopic (exact) mass is 173 g/mol. The van der Waals surface area contributed by atoms with Crippen LogP contribution in [-0.2, 0) is 4.84 Å². The van der Waals surface area contributed by atoms with Crippen LogP contribution in [0.2, 0.25) is 0 Å². The Hall–Kier alpha value is -0.120. The summed E-state index contributed by atoms with van der Waals surface area (Å²) in [5.41, 5.74) is 0. The molecular formula is C9H19NO2. The molecule has 0 saturated heterocycles. The van der Waals surface area contributed by atoms with Crippen LogP contribution in [0.1, 0.15) is 46.0 Å². The molecule has 0 amide bonds. The second-order valence-electron chi connectivity index (χ2n) is 3.85. The third-order valence-corrected chi connectivity index (χ3v) is 2.31. The Bertz CT molecular complexity index is 122. The van der Waals surface area contributed by atoms with Crippen LogP contribution in [0.5, 0.6) is 0 Å². The fourth-order valence-corrected chi connectivity index (χ4v) is 1.48. The standard InChI is InChI=1S/C9H19NO2/c1-8(2)10(11)12-9-6-4-3-5-7-9/h8-10H,3-7H2,1-2H3.